The molecular weight excluding hydrogens is 209 g/mol. The first-order chi connectivity index (χ1) is 4.97. The van der Waals surface area contributed by atoms with E-state index in [1.165, 1.54) is 10.8 Å². The molecule has 0 aliphatic carbocycles. The molecule has 1 heteroatoms. The van der Waals surface area contributed by atoms with Crippen LogP contribution in [0.15, 0.2) is 42.5 Å². The number of hydrogen-bond donors (Lipinski definition) is 0. The molecule has 0 aromatic heterocycles. The van der Waals surface area contributed by atoms with E-state index in [9.17, 15) is 0 Å². The van der Waals surface area contributed by atoms with E-state index >= 15 is 0 Å². The minimum absolute atomic E-state index is 0. The third-order valence-electron chi connectivity index (χ3n) is 1.59. The summed E-state index contributed by atoms with van der Waals surface area (Å²) in [4.78, 5) is 0. The number of rotatable bonds is 0. The standard InChI is InChI=1S/C10H7.Y/c1-2-6-10-8-4-3-7-9(10)5-1;/h1-3,5-8H;/q-1;+3. The predicted octanol–water partition coefficient (Wildman–Crippen LogP) is 2.64. The summed E-state index contributed by atoms with van der Waals surface area (Å²) >= 11 is 0. The molecule has 2 rings (SSSR count). The molecule has 0 saturated carbocycles. The molecule has 0 spiro atoms. The summed E-state index contributed by atoms with van der Waals surface area (Å²) in [5.74, 6) is 0. The van der Waals surface area contributed by atoms with Gasteiger partial charge in [-0.05, 0) is 0 Å². The second-order valence-corrected chi connectivity index (χ2v) is 2.27. The van der Waals surface area contributed by atoms with Crippen LogP contribution in [0.4, 0.5) is 0 Å². The van der Waals surface area contributed by atoms with E-state index < -0.39 is 0 Å². The first-order valence-corrected chi connectivity index (χ1v) is 3.32. The Hall–Kier alpha value is -0.196. The summed E-state index contributed by atoms with van der Waals surface area (Å²) in [6, 6.07) is 17.3. The summed E-state index contributed by atoms with van der Waals surface area (Å²) in [5.41, 5.74) is 0. The summed E-state index contributed by atoms with van der Waals surface area (Å²) in [5, 5.41) is 2.53. The van der Waals surface area contributed by atoms with Gasteiger partial charge in [-0.1, -0.05) is 18.2 Å². The molecule has 0 amide bonds. The van der Waals surface area contributed by atoms with E-state index in [1.807, 2.05) is 24.3 Å². The van der Waals surface area contributed by atoms with Gasteiger partial charge in [0.2, 0.25) is 0 Å². The van der Waals surface area contributed by atoms with Crippen LogP contribution in [0.1, 0.15) is 0 Å². The van der Waals surface area contributed by atoms with E-state index in [0.29, 0.717) is 0 Å². The molecule has 0 heterocycles. The van der Waals surface area contributed by atoms with Crippen molar-refractivity contribution in [2.45, 2.75) is 0 Å². The van der Waals surface area contributed by atoms with Crippen LogP contribution in [-0.4, -0.2) is 0 Å². The van der Waals surface area contributed by atoms with Crippen molar-refractivity contribution in [2.75, 3.05) is 0 Å². The van der Waals surface area contributed by atoms with Crippen LogP contribution in [0.25, 0.3) is 10.8 Å². The first kappa shape index (κ1) is 8.90. The smallest absolute Gasteiger partial charge is 0.183 e. The summed E-state index contributed by atoms with van der Waals surface area (Å²) < 4.78 is 0. The van der Waals surface area contributed by atoms with Gasteiger partial charge in [0.05, 0.1) is 0 Å². The topological polar surface area (TPSA) is 0 Å². The maximum Gasteiger partial charge on any atom is 3.00 e. The molecule has 48 valence electrons. The van der Waals surface area contributed by atoms with Gasteiger partial charge in [0, 0.05) is 0 Å². The van der Waals surface area contributed by atoms with E-state index in [0.717, 1.165) is 0 Å². The largest absolute Gasteiger partial charge is 3.00 e. The number of hydrogen-bond acceptors (Lipinski definition) is 0. The van der Waals surface area contributed by atoms with Crippen LogP contribution in [0.3, 0.4) is 0 Å². The first-order valence-electron chi connectivity index (χ1n) is 3.32. The van der Waals surface area contributed by atoms with Crippen molar-refractivity contribution in [3.05, 3.63) is 48.5 Å². The molecule has 0 radical (unpaired) electrons. The van der Waals surface area contributed by atoms with Gasteiger partial charge in [-0.2, -0.15) is 24.3 Å². The summed E-state index contributed by atoms with van der Waals surface area (Å²) in [6.07, 6.45) is 0. The zero-order chi connectivity index (χ0) is 6.81. The van der Waals surface area contributed by atoms with Crippen LogP contribution in [0.2, 0.25) is 0 Å². The fraction of sp³-hybridized carbons (Fsp3) is 0. The van der Waals surface area contributed by atoms with Gasteiger partial charge in [0.25, 0.3) is 0 Å². The van der Waals surface area contributed by atoms with Crippen molar-refractivity contribution >= 4 is 10.8 Å². The molecule has 0 saturated heterocycles. The molecule has 0 aliphatic rings. The molecule has 0 fully saturated rings. The van der Waals surface area contributed by atoms with E-state index in [1.54, 1.807) is 0 Å². The minimum Gasteiger partial charge on any atom is -0.183 e. The van der Waals surface area contributed by atoms with Crippen molar-refractivity contribution in [1.29, 1.82) is 0 Å². The van der Waals surface area contributed by atoms with Crippen molar-refractivity contribution < 1.29 is 32.7 Å². The van der Waals surface area contributed by atoms with Crippen molar-refractivity contribution in [3.63, 3.8) is 0 Å². The van der Waals surface area contributed by atoms with Crippen LogP contribution >= 0.6 is 0 Å². The Labute approximate surface area is 91.5 Å². The Bertz CT molecular complexity index is 276. The zero-order valence-electron chi connectivity index (χ0n) is 6.12. The SMILES string of the molecule is [Y+3].[c-]1ccc2ccccc2c1. The Balaban J connectivity index is 0.000000605. The fourth-order valence-corrected chi connectivity index (χ4v) is 1.07. The van der Waals surface area contributed by atoms with Gasteiger partial charge < -0.3 is 0 Å². The van der Waals surface area contributed by atoms with E-state index in [-0.39, 0.29) is 32.7 Å². The fourth-order valence-electron chi connectivity index (χ4n) is 1.07. The maximum atomic E-state index is 3.04. The quantitative estimate of drug-likeness (QED) is 0.594. The third kappa shape index (κ3) is 1.88. The Morgan fingerprint density at radius 1 is 0.909 bits per heavy atom. The molecule has 2 aromatic carbocycles. The van der Waals surface area contributed by atoms with Gasteiger partial charge in [-0.3, -0.25) is 0 Å². The van der Waals surface area contributed by atoms with Crippen molar-refractivity contribution in [1.82, 2.24) is 0 Å². The third-order valence-corrected chi connectivity index (χ3v) is 1.59. The average molecular weight is 216 g/mol. The molecule has 0 N–H and O–H groups in total. The second kappa shape index (κ2) is 3.99. The van der Waals surface area contributed by atoms with Crippen LogP contribution in [0, 0.1) is 6.07 Å². The van der Waals surface area contributed by atoms with Crippen LogP contribution in [-0.2, 0) is 32.7 Å². The molecule has 0 atom stereocenters. The van der Waals surface area contributed by atoms with Gasteiger partial charge in [-0.15, -0.1) is 16.8 Å². The molecule has 11 heavy (non-hydrogen) atoms. The minimum atomic E-state index is 0. The normalized spacial score (nSPS) is 9.09. The van der Waals surface area contributed by atoms with Gasteiger partial charge in [-0.25, -0.2) is 0 Å². The number of benzene rings is 2. The molecule has 0 aliphatic heterocycles. The molecule has 0 nitrogen and oxygen atoms in total. The zero-order valence-corrected chi connectivity index (χ0v) is 8.96. The van der Waals surface area contributed by atoms with E-state index in [4.69, 9.17) is 0 Å². The molecule has 0 unspecified atom stereocenters. The van der Waals surface area contributed by atoms with Crippen molar-refractivity contribution in [2.24, 2.45) is 0 Å². The van der Waals surface area contributed by atoms with Gasteiger partial charge >= 0.3 is 32.7 Å². The Morgan fingerprint density at radius 2 is 1.64 bits per heavy atom. The Kier molecular flexibility index (Phi) is 3.23. The van der Waals surface area contributed by atoms with Gasteiger partial charge in [0.1, 0.15) is 0 Å². The molecule has 0 bridgehead atoms. The number of fused-ring (bicyclic) bond motifs is 1. The summed E-state index contributed by atoms with van der Waals surface area (Å²) in [7, 11) is 0. The monoisotopic (exact) mass is 216 g/mol. The van der Waals surface area contributed by atoms with E-state index in [2.05, 4.69) is 24.3 Å². The molecule has 2 aromatic rings. The van der Waals surface area contributed by atoms with Crippen LogP contribution in [0.5, 0.6) is 0 Å². The summed E-state index contributed by atoms with van der Waals surface area (Å²) in [6.45, 7) is 0. The van der Waals surface area contributed by atoms with Crippen LogP contribution < -0.4 is 0 Å². The second-order valence-electron chi connectivity index (χ2n) is 2.27. The average Bonchev–Trinajstić information content (AvgIpc) is 2.05. The van der Waals surface area contributed by atoms with Gasteiger partial charge in [0.15, 0.2) is 0 Å². The molecular formula is C10H7Y+2. The predicted molar refractivity (Wildman–Crippen MR) is 42.8 cm³/mol. The van der Waals surface area contributed by atoms with Crippen molar-refractivity contribution in [3.8, 4) is 0 Å². The maximum absolute atomic E-state index is 3.04. The Morgan fingerprint density at radius 3 is 2.36 bits per heavy atom.